The molecule has 1 saturated heterocycles. The minimum atomic E-state index is -0.495. The molecule has 5 heteroatoms. The SMILES string of the molecule is CC(C)c1ccc2c(c1)C1OCOC1C(c1cc(F)ccc1F)N2. The Kier molecular flexibility index (Phi) is 3.77. The molecule has 1 N–H and O–H groups in total. The molecular formula is C19H19F2NO2. The summed E-state index contributed by atoms with van der Waals surface area (Å²) >= 11 is 0. The van der Waals surface area contributed by atoms with Crippen LogP contribution in [0.15, 0.2) is 36.4 Å². The van der Waals surface area contributed by atoms with Crippen LogP contribution in [0.5, 0.6) is 0 Å². The van der Waals surface area contributed by atoms with Gasteiger partial charge in [-0.3, -0.25) is 0 Å². The summed E-state index contributed by atoms with van der Waals surface area (Å²) in [6.07, 6.45) is -0.677. The van der Waals surface area contributed by atoms with Gasteiger partial charge in [0.1, 0.15) is 30.6 Å². The zero-order valence-electron chi connectivity index (χ0n) is 13.6. The maximum atomic E-state index is 14.3. The van der Waals surface area contributed by atoms with Crippen molar-refractivity contribution in [3.63, 3.8) is 0 Å². The standard InChI is InChI=1S/C19H19F2NO2/c1-10(2)11-3-6-16-14(7-11)18-19(24-9-23-18)17(22-16)13-8-12(20)4-5-15(13)21/h3-8,10,17-19,22H,9H2,1-2H3. The zero-order chi connectivity index (χ0) is 16.8. The van der Waals surface area contributed by atoms with Crippen molar-refractivity contribution in [1.82, 2.24) is 0 Å². The monoisotopic (exact) mass is 331 g/mol. The van der Waals surface area contributed by atoms with Gasteiger partial charge in [0.05, 0.1) is 6.04 Å². The fourth-order valence-corrected chi connectivity index (χ4v) is 3.48. The molecule has 2 aromatic rings. The Hall–Kier alpha value is -1.98. The lowest BCUT2D eigenvalue weighted by molar-refractivity contribution is 0.0365. The summed E-state index contributed by atoms with van der Waals surface area (Å²) in [5, 5.41) is 3.31. The normalized spacial score (nSPS) is 25.3. The highest BCUT2D eigenvalue weighted by atomic mass is 19.1. The fraction of sp³-hybridized carbons (Fsp3) is 0.368. The van der Waals surface area contributed by atoms with Crippen molar-refractivity contribution in [2.24, 2.45) is 0 Å². The maximum absolute atomic E-state index is 14.3. The third-order valence-corrected chi connectivity index (χ3v) is 4.79. The lowest BCUT2D eigenvalue weighted by atomic mass is 9.86. The van der Waals surface area contributed by atoms with Crippen LogP contribution in [-0.4, -0.2) is 12.9 Å². The van der Waals surface area contributed by atoms with Gasteiger partial charge in [-0.05, 0) is 35.7 Å². The summed E-state index contributed by atoms with van der Waals surface area (Å²) in [5.41, 5.74) is 3.35. The van der Waals surface area contributed by atoms with E-state index in [1.807, 2.05) is 12.1 Å². The average Bonchev–Trinajstić information content (AvgIpc) is 3.06. The molecule has 24 heavy (non-hydrogen) atoms. The molecular weight excluding hydrogens is 312 g/mol. The second-order valence-corrected chi connectivity index (χ2v) is 6.63. The van der Waals surface area contributed by atoms with E-state index in [0.29, 0.717) is 5.92 Å². The fourth-order valence-electron chi connectivity index (χ4n) is 3.48. The molecule has 0 bridgehead atoms. The Morgan fingerprint density at radius 2 is 1.88 bits per heavy atom. The number of benzene rings is 2. The third-order valence-electron chi connectivity index (χ3n) is 4.79. The maximum Gasteiger partial charge on any atom is 0.148 e. The summed E-state index contributed by atoms with van der Waals surface area (Å²) in [4.78, 5) is 0. The van der Waals surface area contributed by atoms with Crippen molar-refractivity contribution in [2.45, 2.75) is 38.0 Å². The van der Waals surface area contributed by atoms with E-state index in [2.05, 4.69) is 25.2 Å². The lowest BCUT2D eigenvalue weighted by Gasteiger charge is -2.35. The number of hydrogen-bond acceptors (Lipinski definition) is 3. The van der Waals surface area contributed by atoms with Crippen LogP contribution >= 0.6 is 0 Å². The van der Waals surface area contributed by atoms with Gasteiger partial charge in [0.2, 0.25) is 0 Å². The molecule has 126 valence electrons. The minimum Gasteiger partial charge on any atom is -0.375 e. The Labute approximate surface area is 139 Å². The lowest BCUT2D eigenvalue weighted by Crippen LogP contribution is -2.35. The highest BCUT2D eigenvalue weighted by Crippen LogP contribution is 2.46. The van der Waals surface area contributed by atoms with E-state index in [4.69, 9.17) is 9.47 Å². The Balaban J connectivity index is 1.79. The van der Waals surface area contributed by atoms with Crippen LogP contribution in [0, 0.1) is 11.6 Å². The topological polar surface area (TPSA) is 30.5 Å². The van der Waals surface area contributed by atoms with Crippen LogP contribution in [0.2, 0.25) is 0 Å². The van der Waals surface area contributed by atoms with Gasteiger partial charge in [0, 0.05) is 16.8 Å². The van der Waals surface area contributed by atoms with Gasteiger partial charge in [-0.25, -0.2) is 8.78 Å². The number of halogens is 2. The Morgan fingerprint density at radius 3 is 2.67 bits per heavy atom. The Bertz CT molecular complexity index is 778. The van der Waals surface area contributed by atoms with E-state index in [1.54, 1.807) is 0 Å². The number of ether oxygens (including phenoxy) is 2. The van der Waals surface area contributed by atoms with E-state index in [1.165, 1.54) is 11.6 Å². The van der Waals surface area contributed by atoms with Gasteiger partial charge in [0.15, 0.2) is 0 Å². The number of anilines is 1. The van der Waals surface area contributed by atoms with Gasteiger partial charge in [-0.1, -0.05) is 26.0 Å². The van der Waals surface area contributed by atoms with Crippen molar-refractivity contribution in [2.75, 3.05) is 12.1 Å². The first-order valence-corrected chi connectivity index (χ1v) is 8.13. The second kappa shape index (κ2) is 5.83. The molecule has 3 atom stereocenters. The van der Waals surface area contributed by atoms with E-state index in [9.17, 15) is 8.78 Å². The first kappa shape index (κ1) is 15.5. The molecule has 0 amide bonds. The number of fused-ring (bicyclic) bond motifs is 3. The molecule has 2 aliphatic heterocycles. The summed E-state index contributed by atoms with van der Waals surface area (Å²) in [6.45, 7) is 4.41. The van der Waals surface area contributed by atoms with Crippen molar-refractivity contribution in [3.05, 3.63) is 64.7 Å². The van der Waals surface area contributed by atoms with Crippen molar-refractivity contribution in [1.29, 1.82) is 0 Å². The largest absolute Gasteiger partial charge is 0.375 e. The number of hydrogen-bond donors (Lipinski definition) is 1. The summed E-state index contributed by atoms with van der Waals surface area (Å²) in [6, 6.07) is 9.13. The molecule has 2 heterocycles. The minimum absolute atomic E-state index is 0.149. The van der Waals surface area contributed by atoms with Crippen LogP contribution < -0.4 is 5.32 Å². The molecule has 2 aromatic carbocycles. The predicted molar refractivity (Wildman–Crippen MR) is 86.8 cm³/mol. The molecule has 0 saturated carbocycles. The van der Waals surface area contributed by atoms with Crippen molar-refractivity contribution in [3.8, 4) is 0 Å². The Morgan fingerprint density at radius 1 is 1.04 bits per heavy atom. The molecule has 0 spiro atoms. The van der Waals surface area contributed by atoms with Crippen LogP contribution in [-0.2, 0) is 9.47 Å². The average molecular weight is 331 g/mol. The summed E-state index contributed by atoms with van der Waals surface area (Å²) in [5.74, 6) is -0.524. The smallest absolute Gasteiger partial charge is 0.148 e. The quantitative estimate of drug-likeness (QED) is 0.867. The molecule has 3 unspecified atom stereocenters. The van der Waals surface area contributed by atoms with Gasteiger partial charge in [-0.2, -0.15) is 0 Å². The molecule has 2 aliphatic rings. The number of rotatable bonds is 2. The van der Waals surface area contributed by atoms with Crippen LogP contribution in [0.3, 0.4) is 0 Å². The first-order valence-electron chi connectivity index (χ1n) is 8.13. The molecule has 4 rings (SSSR count). The van der Waals surface area contributed by atoms with Crippen molar-refractivity contribution >= 4 is 5.69 Å². The summed E-state index contributed by atoms with van der Waals surface area (Å²) < 4.78 is 39.3. The molecule has 0 aliphatic carbocycles. The second-order valence-electron chi connectivity index (χ2n) is 6.63. The molecule has 3 nitrogen and oxygen atoms in total. The third kappa shape index (κ3) is 2.48. The van der Waals surface area contributed by atoms with Gasteiger partial charge in [-0.15, -0.1) is 0 Å². The van der Waals surface area contributed by atoms with E-state index in [0.717, 1.165) is 23.4 Å². The van der Waals surface area contributed by atoms with Crippen LogP contribution in [0.25, 0.3) is 0 Å². The van der Waals surface area contributed by atoms with E-state index < -0.39 is 23.8 Å². The molecule has 0 radical (unpaired) electrons. The number of nitrogens with one attached hydrogen (secondary N) is 1. The highest BCUT2D eigenvalue weighted by molar-refractivity contribution is 5.59. The van der Waals surface area contributed by atoms with Crippen LogP contribution in [0.1, 0.15) is 48.6 Å². The molecule has 1 fully saturated rings. The van der Waals surface area contributed by atoms with E-state index in [-0.39, 0.29) is 18.5 Å². The van der Waals surface area contributed by atoms with E-state index >= 15 is 0 Å². The van der Waals surface area contributed by atoms with Gasteiger partial charge in [0.25, 0.3) is 0 Å². The highest BCUT2D eigenvalue weighted by Gasteiger charge is 2.43. The molecule has 0 aromatic heterocycles. The summed E-state index contributed by atoms with van der Waals surface area (Å²) in [7, 11) is 0. The van der Waals surface area contributed by atoms with Crippen LogP contribution in [0.4, 0.5) is 14.5 Å². The zero-order valence-corrected chi connectivity index (χ0v) is 13.6. The van der Waals surface area contributed by atoms with Gasteiger partial charge >= 0.3 is 0 Å². The van der Waals surface area contributed by atoms with Crippen molar-refractivity contribution < 1.29 is 18.3 Å². The predicted octanol–water partition coefficient (Wildman–Crippen LogP) is 4.67. The van der Waals surface area contributed by atoms with Gasteiger partial charge < -0.3 is 14.8 Å². The first-order chi connectivity index (χ1) is 11.5.